The molecule has 12 heteroatoms. The molecular formula is C30H38ClN5O5S. The fourth-order valence-corrected chi connectivity index (χ4v) is 6.61. The first-order chi connectivity index (χ1) is 20.2. The number of aliphatic hydroxyl groups is 1. The van der Waals surface area contributed by atoms with Crippen molar-refractivity contribution in [1.82, 2.24) is 14.3 Å². The summed E-state index contributed by atoms with van der Waals surface area (Å²) in [5.74, 6) is 0.363. The van der Waals surface area contributed by atoms with Crippen molar-refractivity contribution in [1.29, 1.82) is 0 Å². The zero-order valence-corrected chi connectivity index (χ0v) is 26.1. The number of hydrogen-bond acceptors (Lipinski definition) is 9. The van der Waals surface area contributed by atoms with E-state index in [-0.39, 0.29) is 19.2 Å². The SMILES string of the molecule is CN=C(/C=C(\N)CSCc1nn2c(c1-c1c(Cl)ccc3c(CCCOC(C)=O)c(C(=O)OC)n(C)c13)CCCC2)CO. The number of aromatic nitrogens is 3. The average Bonchev–Trinajstić information content (AvgIpc) is 3.48. The van der Waals surface area contributed by atoms with Gasteiger partial charge in [0, 0.05) is 67.0 Å². The van der Waals surface area contributed by atoms with E-state index in [0.29, 0.717) is 46.5 Å². The van der Waals surface area contributed by atoms with Crippen molar-refractivity contribution >= 4 is 51.9 Å². The lowest BCUT2D eigenvalue weighted by molar-refractivity contribution is -0.141. The number of thioether (sulfide) groups is 1. The Labute approximate surface area is 254 Å². The van der Waals surface area contributed by atoms with Crippen LogP contribution in [0, 0.1) is 0 Å². The van der Waals surface area contributed by atoms with Gasteiger partial charge in [-0.25, -0.2) is 4.79 Å². The molecule has 0 saturated heterocycles. The number of fused-ring (bicyclic) bond motifs is 2. The van der Waals surface area contributed by atoms with Crippen molar-refractivity contribution in [3.8, 4) is 11.1 Å². The first-order valence-electron chi connectivity index (χ1n) is 13.9. The quantitative estimate of drug-likeness (QED) is 0.173. The van der Waals surface area contributed by atoms with Crippen LogP contribution in [0.2, 0.25) is 5.02 Å². The van der Waals surface area contributed by atoms with Crippen LogP contribution < -0.4 is 5.73 Å². The highest BCUT2D eigenvalue weighted by molar-refractivity contribution is 7.98. The number of carbonyl (C=O) groups excluding carboxylic acids is 2. The first-order valence-corrected chi connectivity index (χ1v) is 15.5. The lowest BCUT2D eigenvalue weighted by Gasteiger charge is -2.16. The number of carbonyl (C=O) groups is 2. The smallest absolute Gasteiger partial charge is 0.354 e. The molecule has 42 heavy (non-hydrogen) atoms. The van der Waals surface area contributed by atoms with Crippen molar-refractivity contribution in [3.63, 3.8) is 0 Å². The number of hydrogen-bond donors (Lipinski definition) is 2. The largest absolute Gasteiger partial charge is 0.466 e. The Hall–Kier alpha value is -3.28. The van der Waals surface area contributed by atoms with E-state index in [9.17, 15) is 14.7 Å². The molecule has 3 aromatic rings. The second-order valence-electron chi connectivity index (χ2n) is 10.2. The second kappa shape index (κ2) is 14.3. The first kappa shape index (κ1) is 31.7. The zero-order chi connectivity index (χ0) is 30.4. The number of nitrogens with zero attached hydrogens (tertiary/aromatic N) is 4. The van der Waals surface area contributed by atoms with Gasteiger partial charge in [-0.3, -0.25) is 14.5 Å². The van der Waals surface area contributed by atoms with E-state index < -0.39 is 5.97 Å². The molecule has 1 aliphatic rings. The molecule has 0 unspecified atom stereocenters. The van der Waals surface area contributed by atoms with Gasteiger partial charge in [0.15, 0.2) is 0 Å². The zero-order valence-electron chi connectivity index (χ0n) is 24.5. The van der Waals surface area contributed by atoms with Crippen LogP contribution >= 0.6 is 23.4 Å². The highest BCUT2D eigenvalue weighted by Gasteiger charge is 2.29. The summed E-state index contributed by atoms with van der Waals surface area (Å²) < 4.78 is 14.3. The lowest BCUT2D eigenvalue weighted by atomic mass is 9.95. The summed E-state index contributed by atoms with van der Waals surface area (Å²) in [6, 6.07) is 3.82. The fourth-order valence-electron chi connectivity index (χ4n) is 5.55. The highest BCUT2D eigenvalue weighted by atomic mass is 35.5. The predicted molar refractivity (Wildman–Crippen MR) is 167 cm³/mol. The topological polar surface area (TPSA) is 134 Å². The number of halogens is 1. The van der Waals surface area contributed by atoms with E-state index in [1.165, 1.54) is 14.0 Å². The predicted octanol–water partition coefficient (Wildman–Crippen LogP) is 4.45. The molecule has 3 heterocycles. The number of esters is 2. The van der Waals surface area contributed by atoms with Crippen LogP contribution in [0.15, 0.2) is 28.9 Å². The van der Waals surface area contributed by atoms with Crippen LogP contribution in [0.5, 0.6) is 0 Å². The lowest BCUT2D eigenvalue weighted by Crippen LogP contribution is -2.12. The Morgan fingerprint density at radius 1 is 1.29 bits per heavy atom. The van der Waals surface area contributed by atoms with Gasteiger partial charge in [0.25, 0.3) is 0 Å². The summed E-state index contributed by atoms with van der Waals surface area (Å²) in [6.07, 6.45) is 5.76. The molecule has 1 aliphatic heterocycles. The third-order valence-electron chi connectivity index (χ3n) is 7.39. The van der Waals surface area contributed by atoms with Gasteiger partial charge < -0.3 is 24.9 Å². The number of aliphatic imine (C=N–C) groups is 1. The molecule has 4 rings (SSSR count). The van der Waals surface area contributed by atoms with E-state index >= 15 is 0 Å². The Balaban J connectivity index is 1.81. The molecule has 0 fully saturated rings. The van der Waals surface area contributed by atoms with Crippen LogP contribution in [0.4, 0.5) is 0 Å². The monoisotopic (exact) mass is 615 g/mol. The number of aliphatic hydroxyl groups excluding tert-OH is 1. The summed E-state index contributed by atoms with van der Waals surface area (Å²) in [7, 11) is 4.85. The van der Waals surface area contributed by atoms with Crippen molar-refractivity contribution in [2.75, 3.05) is 33.1 Å². The Kier molecular flexibility index (Phi) is 10.7. The maximum Gasteiger partial charge on any atom is 0.354 e. The molecule has 10 nitrogen and oxygen atoms in total. The Bertz CT molecular complexity index is 1540. The minimum absolute atomic E-state index is 0.168. The number of aryl methyl sites for hydroxylation is 3. The molecular weight excluding hydrogens is 578 g/mol. The van der Waals surface area contributed by atoms with Crippen LogP contribution in [0.25, 0.3) is 22.0 Å². The van der Waals surface area contributed by atoms with Gasteiger partial charge in [-0.05, 0) is 49.8 Å². The summed E-state index contributed by atoms with van der Waals surface area (Å²) in [5, 5.41) is 15.9. The molecule has 0 atom stereocenters. The van der Waals surface area contributed by atoms with Gasteiger partial charge in [0.05, 0.1) is 42.3 Å². The standard InChI is InChI=1S/C30H38ClN5O5S/c1-18(38)41-13-7-8-21-22-10-11-23(31)26(28(22)35(3)29(21)30(39)40-4)27-24(34-36-12-6-5-9-25(27)36)17-42-16-19(32)14-20(15-37)33-2/h10-11,14,37H,5-9,12-13,15-17,32H2,1-4H3/b19-14-,33-20?. The summed E-state index contributed by atoms with van der Waals surface area (Å²) >= 11 is 8.62. The second-order valence-corrected chi connectivity index (χ2v) is 11.6. The molecule has 1 aromatic carbocycles. The molecule has 3 N–H and O–H groups in total. The highest BCUT2D eigenvalue weighted by Crippen LogP contribution is 2.43. The third-order valence-corrected chi connectivity index (χ3v) is 8.72. The van der Waals surface area contributed by atoms with E-state index in [1.807, 2.05) is 23.7 Å². The van der Waals surface area contributed by atoms with Gasteiger partial charge in [0.2, 0.25) is 0 Å². The summed E-state index contributed by atoms with van der Waals surface area (Å²) in [4.78, 5) is 28.4. The minimum Gasteiger partial charge on any atom is -0.466 e. The number of methoxy groups -OCH3 is 1. The van der Waals surface area contributed by atoms with Crippen molar-refractivity contribution in [2.24, 2.45) is 17.8 Å². The van der Waals surface area contributed by atoms with Gasteiger partial charge in [-0.2, -0.15) is 5.10 Å². The molecule has 0 amide bonds. The normalized spacial score (nSPS) is 13.9. The Morgan fingerprint density at radius 2 is 2.07 bits per heavy atom. The number of ether oxygens (including phenoxy) is 2. The molecule has 0 bridgehead atoms. The van der Waals surface area contributed by atoms with E-state index in [0.717, 1.165) is 64.8 Å². The van der Waals surface area contributed by atoms with Crippen molar-refractivity contribution < 1.29 is 24.2 Å². The Morgan fingerprint density at radius 3 is 2.76 bits per heavy atom. The number of rotatable bonds is 12. The maximum absolute atomic E-state index is 13.1. The van der Waals surface area contributed by atoms with E-state index in [1.54, 1.807) is 24.9 Å². The average molecular weight is 616 g/mol. The summed E-state index contributed by atoms with van der Waals surface area (Å²) in [6.45, 7) is 2.30. The van der Waals surface area contributed by atoms with E-state index in [4.69, 9.17) is 31.9 Å². The van der Waals surface area contributed by atoms with Gasteiger partial charge in [0.1, 0.15) is 5.69 Å². The molecule has 0 spiro atoms. The van der Waals surface area contributed by atoms with Crippen LogP contribution in [-0.2, 0) is 46.5 Å². The van der Waals surface area contributed by atoms with Crippen molar-refractivity contribution in [2.45, 2.75) is 51.3 Å². The molecule has 0 saturated carbocycles. The van der Waals surface area contributed by atoms with Crippen LogP contribution in [-0.4, -0.2) is 70.2 Å². The third kappa shape index (κ3) is 6.68. The number of benzene rings is 1. The van der Waals surface area contributed by atoms with E-state index in [2.05, 4.69) is 9.67 Å². The maximum atomic E-state index is 13.1. The van der Waals surface area contributed by atoms with Crippen LogP contribution in [0.3, 0.4) is 0 Å². The molecule has 0 radical (unpaired) electrons. The van der Waals surface area contributed by atoms with Gasteiger partial charge in [-0.1, -0.05) is 17.7 Å². The summed E-state index contributed by atoms with van der Waals surface area (Å²) in [5.41, 5.74) is 13.3. The molecule has 0 aliphatic carbocycles. The fraction of sp³-hybridized carbons (Fsp3) is 0.467. The minimum atomic E-state index is -0.439. The number of nitrogens with two attached hydrogens (primary N) is 1. The molecule has 2 aromatic heterocycles. The van der Waals surface area contributed by atoms with Gasteiger partial charge >= 0.3 is 11.9 Å². The van der Waals surface area contributed by atoms with Gasteiger partial charge in [-0.15, -0.1) is 11.8 Å². The molecule has 226 valence electrons. The van der Waals surface area contributed by atoms with Crippen LogP contribution in [0.1, 0.15) is 53.6 Å². The van der Waals surface area contributed by atoms with Crippen molar-refractivity contribution in [3.05, 3.63) is 51.6 Å².